The number of benzene rings is 3. The third kappa shape index (κ3) is 3.83. The highest BCUT2D eigenvalue weighted by Crippen LogP contribution is 2.24. The summed E-state index contributed by atoms with van der Waals surface area (Å²) in [5, 5.41) is 4.24. The van der Waals surface area contributed by atoms with E-state index in [4.69, 9.17) is 0 Å². The van der Waals surface area contributed by atoms with E-state index in [9.17, 15) is 4.39 Å². The lowest BCUT2D eigenvalue weighted by Gasteiger charge is -2.07. The average molecular weight is 304 g/mol. The largest absolute Gasteiger partial charge is 0.279 e. The summed E-state index contributed by atoms with van der Waals surface area (Å²) in [6.45, 7) is 1.98. The quantitative estimate of drug-likeness (QED) is 0.517. The lowest BCUT2D eigenvalue weighted by molar-refractivity contribution is 0.628. The minimum Gasteiger partial charge on any atom is -0.279 e. The molecule has 0 spiro atoms. The Hall–Kier alpha value is -2.94. The van der Waals surface area contributed by atoms with Gasteiger partial charge in [-0.15, -0.1) is 0 Å². The molecule has 3 rings (SSSR count). The van der Waals surface area contributed by atoms with E-state index in [0.29, 0.717) is 0 Å². The van der Waals surface area contributed by atoms with Crippen molar-refractivity contribution in [1.29, 1.82) is 0 Å². The van der Waals surface area contributed by atoms with Crippen LogP contribution in [0.3, 0.4) is 0 Å². The molecule has 0 heterocycles. The summed E-state index contributed by atoms with van der Waals surface area (Å²) < 4.78 is 13.5. The van der Waals surface area contributed by atoms with E-state index in [2.05, 4.69) is 10.5 Å². The molecular formula is C20H17FN2. The highest BCUT2D eigenvalue weighted by molar-refractivity contribution is 5.83. The van der Waals surface area contributed by atoms with Gasteiger partial charge in [0, 0.05) is 0 Å². The first-order valence-electron chi connectivity index (χ1n) is 7.43. The van der Waals surface area contributed by atoms with Crippen molar-refractivity contribution in [3.63, 3.8) is 0 Å². The van der Waals surface area contributed by atoms with Gasteiger partial charge in [-0.05, 0) is 59.5 Å². The molecule has 114 valence electrons. The van der Waals surface area contributed by atoms with Crippen LogP contribution in [0.1, 0.15) is 11.1 Å². The number of anilines is 1. The molecule has 0 aromatic heterocycles. The zero-order valence-corrected chi connectivity index (χ0v) is 12.8. The first-order chi connectivity index (χ1) is 11.2. The van der Waals surface area contributed by atoms with E-state index in [1.807, 2.05) is 61.5 Å². The van der Waals surface area contributed by atoms with E-state index in [-0.39, 0.29) is 5.82 Å². The molecule has 0 atom stereocenters. The van der Waals surface area contributed by atoms with Gasteiger partial charge >= 0.3 is 0 Å². The summed E-state index contributed by atoms with van der Waals surface area (Å²) in [5.74, 6) is -0.226. The highest BCUT2D eigenvalue weighted by atomic mass is 19.1. The molecule has 23 heavy (non-hydrogen) atoms. The SMILES string of the molecule is Cc1ccc(F)cc1-c1cccc(C=NNc2ccccc2)c1. The van der Waals surface area contributed by atoms with Gasteiger partial charge in [-0.25, -0.2) is 4.39 Å². The number of nitrogens with one attached hydrogen (secondary N) is 1. The summed E-state index contributed by atoms with van der Waals surface area (Å²) in [6.07, 6.45) is 1.76. The lowest BCUT2D eigenvalue weighted by atomic mass is 9.99. The summed E-state index contributed by atoms with van der Waals surface area (Å²) in [4.78, 5) is 0. The smallest absolute Gasteiger partial charge is 0.123 e. The molecular weight excluding hydrogens is 287 g/mol. The first kappa shape index (κ1) is 15.0. The van der Waals surface area contributed by atoms with Crippen LogP contribution < -0.4 is 5.43 Å². The minimum absolute atomic E-state index is 0.226. The number of halogens is 1. The minimum atomic E-state index is -0.226. The summed E-state index contributed by atoms with van der Waals surface area (Å²) in [6, 6.07) is 22.5. The van der Waals surface area contributed by atoms with Crippen molar-refractivity contribution >= 4 is 11.9 Å². The number of aryl methyl sites for hydroxylation is 1. The summed E-state index contributed by atoms with van der Waals surface area (Å²) in [5.41, 5.74) is 7.79. The van der Waals surface area contributed by atoms with Crippen molar-refractivity contribution in [3.05, 3.63) is 89.7 Å². The van der Waals surface area contributed by atoms with E-state index < -0.39 is 0 Å². The van der Waals surface area contributed by atoms with Crippen LogP contribution in [0.15, 0.2) is 77.9 Å². The Morgan fingerprint density at radius 1 is 0.913 bits per heavy atom. The maximum Gasteiger partial charge on any atom is 0.123 e. The molecule has 0 amide bonds. The monoisotopic (exact) mass is 304 g/mol. The molecule has 0 unspecified atom stereocenters. The van der Waals surface area contributed by atoms with E-state index >= 15 is 0 Å². The topological polar surface area (TPSA) is 24.4 Å². The lowest BCUT2D eigenvalue weighted by Crippen LogP contribution is -1.91. The van der Waals surface area contributed by atoms with Crippen molar-refractivity contribution in [2.24, 2.45) is 5.10 Å². The third-order valence-electron chi connectivity index (χ3n) is 3.58. The maximum atomic E-state index is 13.5. The zero-order valence-electron chi connectivity index (χ0n) is 12.8. The molecule has 0 bridgehead atoms. The van der Waals surface area contributed by atoms with Gasteiger partial charge in [0.05, 0.1) is 11.9 Å². The van der Waals surface area contributed by atoms with E-state index in [0.717, 1.165) is 27.9 Å². The van der Waals surface area contributed by atoms with Crippen molar-refractivity contribution in [3.8, 4) is 11.1 Å². The van der Waals surface area contributed by atoms with Gasteiger partial charge in [-0.3, -0.25) is 5.43 Å². The molecule has 2 nitrogen and oxygen atoms in total. The second kappa shape index (κ2) is 6.88. The summed E-state index contributed by atoms with van der Waals surface area (Å²) >= 11 is 0. The number of hydrogen-bond acceptors (Lipinski definition) is 2. The van der Waals surface area contributed by atoms with Crippen molar-refractivity contribution in [1.82, 2.24) is 0 Å². The standard InChI is InChI=1S/C20H17FN2/c1-15-10-11-18(21)13-20(15)17-7-5-6-16(12-17)14-22-23-19-8-3-2-4-9-19/h2-14,23H,1H3. The number of para-hydroxylation sites is 1. The third-order valence-corrected chi connectivity index (χ3v) is 3.58. The molecule has 0 saturated carbocycles. The van der Waals surface area contributed by atoms with Gasteiger partial charge in [-0.2, -0.15) is 5.10 Å². The van der Waals surface area contributed by atoms with Gasteiger partial charge in [-0.1, -0.05) is 42.5 Å². The molecule has 0 saturated heterocycles. The van der Waals surface area contributed by atoms with Crippen LogP contribution >= 0.6 is 0 Å². The second-order valence-corrected chi connectivity index (χ2v) is 5.32. The molecule has 0 aliphatic rings. The first-order valence-corrected chi connectivity index (χ1v) is 7.43. The van der Waals surface area contributed by atoms with Gasteiger partial charge in [0.2, 0.25) is 0 Å². The van der Waals surface area contributed by atoms with Gasteiger partial charge < -0.3 is 0 Å². The Morgan fingerprint density at radius 3 is 2.57 bits per heavy atom. The number of nitrogens with zero attached hydrogens (tertiary/aromatic N) is 1. The molecule has 0 fully saturated rings. The predicted molar refractivity (Wildman–Crippen MR) is 94.2 cm³/mol. The van der Waals surface area contributed by atoms with Crippen molar-refractivity contribution in [2.75, 3.05) is 5.43 Å². The normalized spacial score (nSPS) is 10.9. The Kier molecular flexibility index (Phi) is 4.48. The van der Waals surface area contributed by atoms with Crippen LogP contribution in [-0.4, -0.2) is 6.21 Å². The highest BCUT2D eigenvalue weighted by Gasteiger charge is 2.04. The van der Waals surface area contributed by atoms with Crippen LogP contribution in [0.4, 0.5) is 10.1 Å². The number of rotatable bonds is 4. The van der Waals surface area contributed by atoms with E-state index in [1.54, 1.807) is 18.3 Å². The molecule has 3 aromatic rings. The number of hydrogen-bond donors (Lipinski definition) is 1. The Balaban J connectivity index is 1.81. The van der Waals surface area contributed by atoms with Crippen molar-refractivity contribution in [2.45, 2.75) is 6.92 Å². The van der Waals surface area contributed by atoms with Gasteiger partial charge in [0.15, 0.2) is 0 Å². The van der Waals surface area contributed by atoms with Crippen LogP contribution in [0.25, 0.3) is 11.1 Å². The van der Waals surface area contributed by atoms with Crippen molar-refractivity contribution < 1.29 is 4.39 Å². The second-order valence-electron chi connectivity index (χ2n) is 5.32. The molecule has 0 aliphatic carbocycles. The zero-order chi connectivity index (χ0) is 16.1. The number of hydrazone groups is 1. The predicted octanol–water partition coefficient (Wildman–Crippen LogP) is 5.25. The Bertz CT molecular complexity index is 826. The van der Waals surface area contributed by atoms with Crippen LogP contribution in [0.2, 0.25) is 0 Å². The van der Waals surface area contributed by atoms with Crippen LogP contribution in [0.5, 0.6) is 0 Å². The molecule has 3 aromatic carbocycles. The van der Waals surface area contributed by atoms with E-state index in [1.165, 1.54) is 6.07 Å². The molecule has 0 aliphatic heterocycles. The Labute approximate surface area is 135 Å². The van der Waals surface area contributed by atoms with Gasteiger partial charge in [0.25, 0.3) is 0 Å². The van der Waals surface area contributed by atoms with Crippen LogP contribution in [0, 0.1) is 12.7 Å². The van der Waals surface area contributed by atoms with Gasteiger partial charge in [0.1, 0.15) is 5.82 Å². The fourth-order valence-corrected chi connectivity index (χ4v) is 2.39. The Morgan fingerprint density at radius 2 is 1.74 bits per heavy atom. The summed E-state index contributed by atoms with van der Waals surface area (Å²) in [7, 11) is 0. The molecule has 3 heteroatoms. The molecule has 0 radical (unpaired) electrons. The average Bonchev–Trinajstić information content (AvgIpc) is 2.58. The molecule has 1 N–H and O–H groups in total. The van der Waals surface area contributed by atoms with Crippen LogP contribution in [-0.2, 0) is 0 Å². The maximum absolute atomic E-state index is 13.5. The fourth-order valence-electron chi connectivity index (χ4n) is 2.39. The fraction of sp³-hybridized carbons (Fsp3) is 0.0500.